The van der Waals surface area contributed by atoms with E-state index in [1.807, 2.05) is 0 Å². The van der Waals surface area contributed by atoms with Gasteiger partial charge in [0.2, 0.25) is 0 Å². The second-order valence-corrected chi connectivity index (χ2v) is 8.82. The lowest BCUT2D eigenvalue weighted by atomic mass is 9.62. The number of hydrogen-bond donors (Lipinski definition) is 1. The first-order chi connectivity index (χ1) is 13.4. The molecule has 1 spiro atoms. The van der Waals surface area contributed by atoms with E-state index in [-0.39, 0.29) is 5.66 Å². The summed E-state index contributed by atoms with van der Waals surface area (Å²) in [6.07, 6.45) is 10.5. The molecule has 1 saturated carbocycles. The lowest BCUT2D eigenvalue weighted by Gasteiger charge is -2.57. The molecule has 2 heterocycles. The molecule has 2 nitrogen and oxygen atoms in total. The van der Waals surface area contributed by atoms with Crippen LogP contribution >= 0.6 is 0 Å². The molecule has 1 fully saturated rings. The molecule has 2 aliphatic heterocycles. The number of benzene rings is 2. The first-order valence-corrected chi connectivity index (χ1v) is 10.8. The fourth-order valence-corrected chi connectivity index (χ4v) is 6.56. The Balaban J connectivity index is 1.61. The van der Waals surface area contributed by atoms with Crippen LogP contribution in [0.2, 0.25) is 0 Å². The van der Waals surface area contributed by atoms with Gasteiger partial charge in [-0.3, -0.25) is 0 Å². The fourth-order valence-electron chi connectivity index (χ4n) is 6.56. The molecule has 0 radical (unpaired) electrons. The van der Waals surface area contributed by atoms with Crippen LogP contribution in [0.3, 0.4) is 0 Å². The molecule has 2 aromatic carbocycles. The van der Waals surface area contributed by atoms with Crippen molar-refractivity contribution in [2.45, 2.75) is 62.9 Å². The minimum atomic E-state index is 0.0820. The van der Waals surface area contributed by atoms with Gasteiger partial charge < -0.3 is 10.2 Å². The fraction of sp³-hybridized carbons (Fsp3) is 0.440. The Bertz CT molecular complexity index is 900. The van der Waals surface area contributed by atoms with E-state index >= 15 is 0 Å². The third kappa shape index (κ3) is 2.13. The van der Waals surface area contributed by atoms with Gasteiger partial charge in [0.25, 0.3) is 0 Å². The van der Waals surface area contributed by atoms with Crippen molar-refractivity contribution < 1.29 is 0 Å². The van der Waals surface area contributed by atoms with E-state index in [1.54, 1.807) is 11.3 Å². The molecule has 4 aliphatic rings. The number of para-hydroxylation sites is 2. The van der Waals surface area contributed by atoms with E-state index in [2.05, 4.69) is 64.8 Å². The monoisotopic (exact) mass is 356 g/mol. The Morgan fingerprint density at radius 2 is 1.67 bits per heavy atom. The topological polar surface area (TPSA) is 15.3 Å². The van der Waals surface area contributed by atoms with Gasteiger partial charge in [0.05, 0.1) is 11.4 Å². The zero-order valence-corrected chi connectivity index (χ0v) is 16.0. The molecule has 3 unspecified atom stereocenters. The van der Waals surface area contributed by atoms with Gasteiger partial charge in [-0.2, -0.15) is 0 Å². The van der Waals surface area contributed by atoms with Gasteiger partial charge in [-0.25, -0.2) is 0 Å². The van der Waals surface area contributed by atoms with Gasteiger partial charge in [-0.05, 0) is 68.2 Å². The number of fused-ring (bicyclic) bond motifs is 3. The molecular formula is C25H28N2. The Hall–Kier alpha value is -2.22. The summed E-state index contributed by atoms with van der Waals surface area (Å²) in [5.41, 5.74) is 7.77. The van der Waals surface area contributed by atoms with Crippen LogP contribution in [0.4, 0.5) is 11.4 Å². The van der Waals surface area contributed by atoms with Crippen molar-refractivity contribution in [2.24, 2.45) is 5.92 Å². The van der Waals surface area contributed by atoms with Crippen molar-refractivity contribution in [3.8, 4) is 0 Å². The average Bonchev–Trinajstić information content (AvgIpc) is 3.06. The van der Waals surface area contributed by atoms with E-state index in [1.165, 1.54) is 68.3 Å². The minimum Gasteiger partial charge on any atom is -0.360 e. The van der Waals surface area contributed by atoms with E-state index in [0.29, 0.717) is 11.8 Å². The van der Waals surface area contributed by atoms with Gasteiger partial charge in [0.15, 0.2) is 0 Å². The zero-order chi connectivity index (χ0) is 17.8. The van der Waals surface area contributed by atoms with Gasteiger partial charge in [0, 0.05) is 17.5 Å². The van der Waals surface area contributed by atoms with Crippen molar-refractivity contribution in [3.05, 3.63) is 71.4 Å². The highest BCUT2D eigenvalue weighted by molar-refractivity contribution is 5.82. The van der Waals surface area contributed by atoms with Crippen LogP contribution < -0.4 is 10.2 Å². The molecule has 0 saturated heterocycles. The predicted octanol–water partition coefficient (Wildman–Crippen LogP) is 6.43. The molecule has 2 heteroatoms. The summed E-state index contributed by atoms with van der Waals surface area (Å²) >= 11 is 0. The van der Waals surface area contributed by atoms with Crippen molar-refractivity contribution in [1.82, 2.24) is 0 Å². The summed E-state index contributed by atoms with van der Waals surface area (Å²) in [5, 5.41) is 4.08. The molecule has 0 aromatic heterocycles. The number of nitrogens with one attached hydrogen (secondary N) is 1. The first kappa shape index (κ1) is 15.8. The number of allylic oxidation sites excluding steroid dienone is 2. The van der Waals surface area contributed by atoms with E-state index in [9.17, 15) is 0 Å². The maximum absolute atomic E-state index is 4.08. The lowest BCUT2D eigenvalue weighted by Crippen LogP contribution is -2.62. The molecule has 138 valence electrons. The van der Waals surface area contributed by atoms with Crippen LogP contribution in [0.25, 0.3) is 0 Å². The van der Waals surface area contributed by atoms with Crippen molar-refractivity contribution >= 4 is 11.4 Å². The molecule has 0 amide bonds. The van der Waals surface area contributed by atoms with Crippen LogP contribution in [0.15, 0.2) is 65.9 Å². The maximum Gasteiger partial charge on any atom is 0.118 e. The van der Waals surface area contributed by atoms with Gasteiger partial charge in [-0.1, -0.05) is 48.9 Å². The maximum atomic E-state index is 4.08. The molecule has 3 atom stereocenters. The van der Waals surface area contributed by atoms with Crippen LogP contribution in [0.5, 0.6) is 0 Å². The number of rotatable bonds is 1. The van der Waals surface area contributed by atoms with Crippen LogP contribution in [0, 0.1) is 5.92 Å². The standard InChI is InChI=1S/C25H28N2/c1-2-10-18(11-3-1)24-19-12-4-6-15-22(19)27-23-16-7-5-14-21(23)26-25(27)17-9-8-13-20(24)25/h1-3,5,7,10-11,14,16,20,24,26H,4,6,8-9,12-13,15,17H2. The zero-order valence-electron chi connectivity index (χ0n) is 16.0. The van der Waals surface area contributed by atoms with Crippen molar-refractivity contribution in [2.75, 3.05) is 10.2 Å². The van der Waals surface area contributed by atoms with Crippen molar-refractivity contribution in [1.29, 1.82) is 0 Å². The smallest absolute Gasteiger partial charge is 0.118 e. The predicted molar refractivity (Wildman–Crippen MR) is 112 cm³/mol. The Morgan fingerprint density at radius 1 is 0.852 bits per heavy atom. The summed E-state index contributed by atoms with van der Waals surface area (Å²) in [6, 6.07) is 20.4. The quantitative estimate of drug-likeness (QED) is 0.633. The molecule has 2 aliphatic carbocycles. The molecule has 6 rings (SSSR count). The van der Waals surface area contributed by atoms with Crippen LogP contribution in [-0.4, -0.2) is 5.66 Å². The van der Waals surface area contributed by atoms with Gasteiger partial charge in [0.1, 0.15) is 5.66 Å². The van der Waals surface area contributed by atoms with E-state index in [0.717, 1.165) is 0 Å². The summed E-state index contributed by atoms with van der Waals surface area (Å²) < 4.78 is 0. The minimum absolute atomic E-state index is 0.0820. The highest BCUT2D eigenvalue weighted by atomic mass is 15.4. The number of anilines is 2. The lowest BCUT2D eigenvalue weighted by molar-refractivity contribution is 0.176. The molecular weight excluding hydrogens is 328 g/mol. The molecule has 2 aromatic rings. The first-order valence-electron chi connectivity index (χ1n) is 10.8. The average molecular weight is 357 g/mol. The molecule has 27 heavy (non-hydrogen) atoms. The second kappa shape index (κ2) is 5.89. The normalized spacial score (nSPS) is 31.5. The largest absolute Gasteiger partial charge is 0.360 e. The SMILES string of the molecule is c1ccc(C2C3=C(CCCC3)N3c4ccccc4NC34CCCCC24)cc1. The van der Waals surface area contributed by atoms with Crippen LogP contribution in [-0.2, 0) is 0 Å². The number of hydrogen-bond acceptors (Lipinski definition) is 2. The Kier molecular flexibility index (Phi) is 3.45. The highest BCUT2D eigenvalue weighted by Crippen LogP contribution is 2.61. The Morgan fingerprint density at radius 3 is 2.59 bits per heavy atom. The highest BCUT2D eigenvalue weighted by Gasteiger charge is 2.57. The second-order valence-electron chi connectivity index (χ2n) is 8.82. The Labute approximate surface area is 162 Å². The van der Waals surface area contributed by atoms with Crippen LogP contribution in [0.1, 0.15) is 62.8 Å². The number of nitrogens with zero attached hydrogens (tertiary/aromatic N) is 1. The summed E-state index contributed by atoms with van der Waals surface area (Å²) in [5.74, 6) is 1.23. The molecule has 0 bridgehead atoms. The summed E-state index contributed by atoms with van der Waals surface area (Å²) in [7, 11) is 0. The molecule has 1 N–H and O–H groups in total. The van der Waals surface area contributed by atoms with Gasteiger partial charge in [-0.15, -0.1) is 0 Å². The van der Waals surface area contributed by atoms with E-state index < -0.39 is 0 Å². The van der Waals surface area contributed by atoms with Crippen molar-refractivity contribution in [3.63, 3.8) is 0 Å². The van der Waals surface area contributed by atoms with E-state index in [4.69, 9.17) is 0 Å². The summed E-state index contributed by atoms with van der Waals surface area (Å²) in [4.78, 5) is 2.78. The van der Waals surface area contributed by atoms with Gasteiger partial charge >= 0.3 is 0 Å². The third-order valence-corrected chi connectivity index (χ3v) is 7.52. The third-order valence-electron chi connectivity index (χ3n) is 7.52. The summed E-state index contributed by atoms with van der Waals surface area (Å²) in [6.45, 7) is 0.